The summed E-state index contributed by atoms with van der Waals surface area (Å²) in [6.45, 7) is 0. The second-order valence-electron chi connectivity index (χ2n) is 4.00. The molecule has 8 heteroatoms. The maximum absolute atomic E-state index is 11.6. The number of amides is 2. The molecule has 18 heavy (non-hydrogen) atoms. The van der Waals surface area contributed by atoms with Crippen LogP contribution in [0, 0.1) is 0 Å². The Morgan fingerprint density at radius 1 is 1.61 bits per heavy atom. The van der Waals surface area contributed by atoms with Gasteiger partial charge in [0.25, 0.3) is 0 Å². The zero-order valence-electron chi connectivity index (χ0n) is 9.34. The summed E-state index contributed by atoms with van der Waals surface area (Å²) >= 11 is 0. The number of hydrogen-bond acceptors (Lipinski definition) is 4. The zero-order valence-corrected chi connectivity index (χ0v) is 9.34. The van der Waals surface area contributed by atoms with Gasteiger partial charge in [-0.2, -0.15) is 0 Å². The molecule has 0 bridgehead atoms. The van der Waals surface area contributed by atoms with E-state index in [1.54, 1.807) is 0 Å². The molecule has 1 aliphatic heterocycles. The minimum Gasteiger partial charge on any atom is -0.480 e. The van der Waals surface area contributed by atoms with E-state index in [-0.39, 0.29) is 18.7 Å². The molecule has 2 heterocycles. The van der Waals surface area contributed by atoms with E-state index in [1.807, 2.05) is 0 Å². The van der Waals surface area contributed by atoms with E-state index in [1.165, 1.54) is 12.5 Å². The number of aromatic amines is 1. The van der Waals surface area contributed by atoms with E-state index in [9.17, 15) is 14.4 Å². The number of carbonyl (C=O) groups is 3. The van der Waals surface area contributed by atoms with Crippen LogP contribution < -0.4 is 10.6 Å². The third-order valence-corrected chi connectivity index (χ3v) is 2.63. The second kappa shape index (κ2) is 4.86. The van der Waals surface area contributed by atoms with Crippen LogP contribution in [0.2, 0.25) is 0 Å². The highest BCUT2D eigenvalue weighted by atomic mass is 16.4. The van der Waals surface area contributed by atoms with E-state index >= 15 is 0 Å². The third-order valence-electron chi connectivity index (χ3n) is 2.63. The van der Waals surface area contributed by atoms with E-state index in [0.29, 0.717) is 5.69 Å². The van der Waals surface area contributed by atoms with Gasteiger partial charge < -0.3 is 20.7 Å². The van der Waals surface area contributed by atoms with E-state index in [0.717, 1.165) is 0 Å². The van der Waals surface area contributed by atoms with Crippen LogP contribution in [0.25, 0.3) is 0 Å². The first-order valence-electron chi connectivity index (χ1n) is 5.36. The monoisotopic (exact) mass is 252 g/mol. The summed E-state index contributed by atoms with van der Waals surface area (Å²) in [4.78, 5) is 39.8. The summed E-state index contributed by atoms with van der Waals surface area (Å²) in [5.74, 6) is -1.83. The fourth-order valence-electron chi connectivity index (χ4n) is 1.61. The molecule has 0 unspecified atom stereocenters. The Kier molecular flexibility index (Phi) is 3.26. The number of hydrogen-bond donors (Lipinski definition) is 4. The van der Waals surface area contributed by atoms with Gasteiger partial charge in [-0.25, -0.2) is 9.78 Å². The molecule has 0 aromatic carbocycles. The standard InChI is InChI=1S/C10H12N4O4/c15-8-2-6(13-8)9(16)14-7(10(17)18)1-5-3-11-4-12-5/h3-4,6-7H,1-2H2,(H,11,12)(H,13,15)(H,14,16)(H,17,18)/t6-,7-/m0/s1. The maximum Gasteiger partial charge on any atom is 0.326 e. The minimum absolute atomic E-state index is 0.0994. The fourth-order valence-corrected chi connectivity index (χ4v) is 1.61. The molecule has 0 radical (unpaired) electrons. The fraction of sp³-hybridized carbons (Fsp3) is 0.400. The molecule has 1 aromatic rings. The lowest BCUT2D eigenvalue weighted by Crippen LogP contribution is -2.59. The van der Waals surface area contributed by atoms with Gasteiger partial charge in [0.2, 0.25) is 11.8 Å². The lowest BCUT2D eigenvalue weighted by Gasteiger charge is -2.27. The van der Waals surface area contributed by atoms with Crippen molar-refractivity contribution in [1.29, 1.82) is 0 Å². The SMILES string of the molecule is O=C1C[C@@H](C(=O)N[C@@H](Cc2cnc[nH]2)C(=O)O)N1. The largest absolute Gasteiger partial charge is 0.480 e. The molecule has 1 aliphatic rings. The molecule has 96 valence electrons. The molecule has 2 rings (SSSR count). The molecular formula is C10H12N4O4. The van der Waals surface area contributed by atoms with E-state index in [2.05, 4.69) is 20.6 Å². The van der Waals surface area contributed by atoms with Crippen molar-refractivity contribution >= 4 is 17.8 Å². The van der Waals surface area contributed by atoms with Gasteiger partial charge in [-0.15, -0.1) is 0 Å². The van der Waals surface area contributed by atoms with Crippen LogP contribution in [0.5, 0.6) is 0 Å². The number of nitrogens with one attached hydrogen (secondary N) is 3. The number of β-lactam (4-membered cyclic amide) rings is 1. The van der Waals surface area contributed by atoms with Crippen LogP contribution in [-0.2, 0) is 20.8 Å². The van der Waals surface area contributed by atoms with Crippen LogP contribution >= 0.6 is 0 Å². The zero-order chi connectivity index (χ0) is 13.1. The van der Waals surface area contributed by atoms with Crippen molar-refractivity contribution in [2.45, 2.75) is 24.9 Å². The van der Waals surface area contributed by atoms with Crippen LogP contribution in [0.15, 0.2) is 12.5 Å². The molecule has 1 aromatic heterocycles. The van der Waals surface area contributed by atoms with Crippen LogP contribution in [0.1, 0.15) is 12.1 Å². The van der Waals surface area contributed by atoms with Gasteiger partial charge in [0.15, 0.2) is 0 Å². The van der Waals surface area contributed by atoms with Crippen LogP contribution in [-0.4, -0.2) is 44.9 Å². The molecule has 2 atom stereocenters. The number of imidazole rings is 1. The van der Waals surface area contributed by atoms with Crippen molar-refractivity contribution in [3.63, 3.8) is 0 Å². The molecule has 0 saturated carbocycles. The molecular weight excluding hydrogens is 240 g/mol. The lowest BCUT2D eigenvalue weighted by molar-refractivity contribution is -0.143. The van der Waals surface area contributed by atoms with Gasteiger partial charge in [-0.3, -0.25) is 9.59 Å². The predicted molar refractivity (Wildman–Crippen MR) is 58.4 cm³/mol. The van der Waals surface area contributed by atoms with E-state index < -0.39 is 24.0 Å². The number of carbonyl (C=O) groups excluding carboxylic acids is 2. The van der Waals surface area contributed by atoms with Crippen LogP contribution in [0.4, 0.5) is 0 Å². The Balaban J connectivity index is 1.92. The normalized spacial score (nSPS) is 19.6. The summed E-state index contributed by atoms with van der Waals surface area (Å²) in [7, 11) is 0. The summed E-state index contributed by atoms with van der Waals surface area (Å²) in [6, 6.07) is -1.67. The number of nitrogens with zero attached hydrogens (tertiary/aromatic N) is 1. The number of aromatic nitrogens is 2. The van der Waals surface area contributed by atoms with Crippen molar-refractivity contribution in [2.75, 3.05) is 0 Å². The lowest BCUT2D eigenvalue weighted by atomic mass is 10.0. The molecule has 0 spiro atoms. The third kappa shape index (κ3) is 2.65. The van der Waals surface area contributed by atoms with Gasteiger partial charge in [0, 0.05) is 18.3 Å². The number of rotatable bonds is 5. The second-order valence-corrected chi connectivity index (χ2v) is 4.00. The summed E-state index contributed by atoms with van der Waals surface area (Å²) in [5, 5.41) is 13.8. The first-order valence-corrected chi connectivity index (χ1v) is 5.36. The Hall–Kier alpha value is -2.38. The highest BCUT2D eigenvalue weighted by Gasteiger charge is 2.34. The maximum atomic E-state index is 11.6. The number of carboxylic acids is 1. The quantitative estimate of drug-likeness (QED) is 0.470. The summed E-state index contributed by atoms with van der Waals surface area (Å²) < 4.78 is 0. The Bertz CT molecular complexity index is 462. The van der Waals surface area contributed by atoms with E-state index in [4.69, 9.17) is 5.11 Å². The van der Waals surface area contributed by atoms with Crippen molar-refractivity contribution < 1.29 is 19.5 Å². The molecule has 0 aliphatic carbocycles. The van der Waals surface area contributed by atoms with Crippen LogP contribution in [0.3, 0.4) is 0 Å². The van der Waals surface area contributed by atoms with Gasteiger partial charge in [0.05, 0.1) is 12.7 Å². The Labute approximate surface area is 102 Å². The highest BCUT2D eigenvalue weighted by molar-refractivity contribution is 5.98. The summed E-state index contributed by atoms with van der Waals surface area (Å²) in [5.41, 5.74) is 0.611. The molecule has 4 N–H and O–H groups in total. The predicted octanol–water partition coefficient (Wildman–Crippen LogP) is -1.59. The average molecular weight is 252 g/mol. The topological polar surface area (TPSA) is 124 Å². The molecule has 8 nitrogen and oxygen atoms in total. The van der Waals surface area contributed by atoms with Gasteiger partial charge in [-0.05, 0) is 0 Å². The van der Waals surface area contributed by atoms with Gasteiger partial charge >= 0.3 is 5.97 Å². The first-order chi connectivity index (χ1) is 8.56. The van der Waals surface area contributed by atoms with Crippen molar-refractivity contribution in [3.05, 3.63) is 18.2 Å². The molecule has 2 amide bonds. The Morgan fingerprint density at radius 3 is 2.83 bits per heavy atom. The minimum atomic E-state index is -1.14. The van der Waals surface area contributed by atoms with Gasteiger partial charge in [-0.1, -0.05) is 0 Å². The van der Waals surface area contributed by atoms with Crippen molar-refractivity contribution in [3.8, 4) is 0 Å². The highest BCUT2D eigenvalue weighted by Crippen LogP contribution is 2.05. The van der Waals surface area contributed by atoms with Crippen molar-refractivity contribution in [2.24, 2.45) is 0 Å². The first kappa shape index (κ1) is 12.1. The summed E-state index contributed by atoms with van der Waals surface area (Å²) in [6.07, 6.45) is 3.14. The molecule has 1 saturated heterocycles. The smallest absolute Gasteiger partial charge is 0.326 e. The average Bonchev–Trinajstić information content (AvgIpc) is 2.76. The number of carboxylic acid groups (broad SMARTS) is 1. The Morgan fingerprint density at radius 2 is 2.33 bits per heavy atom. The van der Waals surface area contributed by atoms with Gasteiger partial charge in [0.1, 0.15) is 12.1 Å². The number of aliphatic carboxylic acids is 1. The van der Waals surface area contributed by atoms with Crippen molar-refractivity contribution in [1.82, 2.24) is 20.6 Å². The molecule has 1 fully saturated rings. The number of H-pyrrole nitrogens is 1.